The lowest BCUT2D eigenvalue weighted by Crippen LogP contribution is -2.42. The van der Waals surface area contributed by atoms with E-state index in [9.17, 15) is 9.18 Å². The zero-order chi connectivity index (χ0) is 17.6. The lowest BCUT2D eigenvalue weighted by molar-refractivity contribution is -0.126. The van der Waals surface area contributed by atoms with Gasteiger partial charge in [-0.2, -0.15) is 0 Å². The van der Waals surface area contributed by atoms with E-state index >= 15 is 0 Å². The van der Waals surface area contributed by atoms with Crippen LogP contribution >= 0.6 is 12.4 Å². The summed E-state index contributed by atoms with van der Waals surface area (Å²) in [5, 5.41) is 6.23. The molecule has 0 saturated carbocycles. The number of benzene rings is 1. The van der Waals surface area contributed by atoms with Gasteiger partial charge in [0.25, 0.3) is 0 Å². The molecule has 0 radical (unpaired) electrons. The molecule has 1 saturated heterocycles. The van der Waals surface area contributed by atoms with E-state index in [4.69, 9.17) is 4.74 Å². The fourth-order valence-electron chi connectivity index (χ4n) is 2.98. The normalized spacial score (nSPS) is 19.3. The van der Waals surface area contributed by atoms with Crippen LogP contribution in [-0.2, 0) is 11.3 Å². The van der Waals surface area contributed by atoms with Gasteiger partial charge in [-0.25, -0.2) is 4.39 Å². The van der Waals surface area contributed by atoms with Crippen molar-refractivity contribution in [2.75, 3.05) is 6.54 Å². The molecule has 140 valence electrons. The lowest BCUT2D eigenvalue weighted by atomic mass is 9.92. The quantitative estimate of drug-likeness (QED) is 0.835. The summed E-state index contributed by atoms with van der Waals surface area (Å²) in [6, 6.07) is 8.48. The Morgan fingerprint density at radius 3 is 2.96 bits per heavy atom. The predicted molar refractivity (Wildman–Crippen MR) is 100.0 cm³/mol. The van der Waals surface area contributed by atoms with Crippen molar-refractivity contribution in [3.05, 3.63) is 54.1 Å². The van der Waals surface area contributed by atoms with Crippen molar-refractivity contribution in [1.29, 1.82) is 0 Å². The molecule has 1 aliphatic rings. The zero-order valence-electron chi connectivity index (χ0n) is 14.6. The summed E-state index contributed by atoms with van der Waals surface area (Å²) in [6.45, 7) is 3.24. The Morgan fingerprint density at radius 1 is 1.42 bits per heavy atom. The molecule has 0 bridgehead atoms. The molecule has 26 heavy (non-hydrogen) atoms. The molecule has 1 fully saturated rings. The third-order valence-electron chi connectivity index (χ3n) is 4.32. The number of amides is 1. The minimum Gasteiger partial charge on any atom is -0.453 e. The Hall–Kier alpha value is -2.18. The summed E-state index contributed by atoms with van der Waals surface area (Å²) in [7, 11) is 0. The van der Waals surface area contributed by atoms with Crippen molar-refractivity contribution in [2.45, 2.75) is 32.4 Å². The minimum atomic E-state index is -0.467. The molecule has 2 atom stereocenters. The first-order valence-electron chi connectivity index (χ1n) is 8.49. The lowest BCUT2D eigenvalue weighted by Gasteiger charge is -2.27. The van der Waals surface area contributed by atoms with Gasteiger partial charge in [-0.3, -0.25) is 9.78 Å². The van der Waals surface area contributed by atoms with Crippen LogP contribution in [0, 0.1) is 11.7 Å². The molecule has 7 heteroatoms. The highest BCUT2D eigenvalue weighted by atomic mass is 35.5. The third-order valence-corrected chi connectivity index (χ3v) is 4.32. The Labute approximate surface area is 158 Å². The van der Waals surface area contributed by atoms with Gasteiger partial charge in [-0.15, -0.1) is 12.4 Å². The second-order valence-corrected chi connectivity index (χ2v) is 6.35. The number of hydrogen-bond donors (Lipinski definition) is 2. The smallest absolute Gasteiger partial charge is 0.223 e. The maximum Gasteiger partial charge on any atom is 0.223 e. The Morgan fingerprint density at radius 2 is 2.27 bits per heavy atom. The molecule has 2 aromatic rings. The Balaban J connectivity index is 0.00000243. The van der Waals surface area contributed by atoms with Crippen LogP contribution in [0.3, 0.4) is 0 Å². The average molecular weight is 380 g/mol. The van der Waals surface area contributed by atoms with Crippen molar-refractivity contribution in [3.63, 3.8) is 0 Å². The number of piperidine rings is 1. The van der Waals surface area contributed by atoms with E-state index in [0.717, 1.165) is 19.4 Å². The van der Waals surface area contributed by atoms with E-state index in [0.29, 0.717) is 23.9 Å². The zero-order valence-corrected chi connectivity index (χ0v) is 15.4. The number of rotatable bonds is 5. The molecule has 2 heterocycles. The summed E-state index contributed by atoms with van der Waals surface area (Å²) in [6.07, 6.45) is 4.81. The van der Waals surface area contributed by atoms with Crippen LogP contribution in [0.25, 0.3) is 0 Å². The van der Waals surface area contributed by atoms with E-state index in [1.807, 2.05) is 0 Å². The number of ether oxygens (including phenoxy) is 1. The topological polar surface area (TPSA) is 63.2 Å². The van der Waals surface area contributed by atoms with Crippen LogP contribution in [-0.4, -0.2) is 23.5 Å². The van der Waals surface area contributed by atoms with Crippen molar-refractivity contribution in [3.8, 4) is 11.5 Å². The van der Waals surface area contributed by atoms with Gasteiger partial charge in [0.2, 0.25) is 5.91 Å². The number of aromatic nitrogens is 1. The van der Waals surface area contributed by atoms with Gasteiger partial charge < -0.3 is 15.4 Å². The molecule has 3 rings (SSSR count). The molecule has 0 aliphatic carbocycles. The molecule has 1 aromatic heterocycles. The van der Waals surface area contributed by atoms with Crippen LogP contribution < -0.4 is 15.4 Å². The van der Waals surface area contributed by atoms with Gasteiger partial charge in [0.15, 0.2) is 11.6 Å². The van der Waals surface area contributed by atoms with Crippen molar-refractivity contribution >= 4 is 18.3 Å². The number of nitrogens with one attached hydrogen (secondary N) is 2. The summed E-state index contributed by atoms with van der Waals surface area (Å²) >= 11 is 0. The van der Waals surface area contributed by atoms with Gasteiger partial charge in [0, 0.05) is 24.7 Å². The third kappa shape index (κ3) is 5.41. The summed E-state index contributed by atoms with van der Waals surface area (Å²) in [5.74, 6) is 0.197. The first-order chi connectivity index (χ1) is 12.1. The number of carbonyl (C=O) groups is 1. The van der Waals surface area contributed by atoms with Crippen LogP contribution in [0.15, 0.2) is 42.7 Å². The molecule has 0 unspecified atom stereocenters. The molecule has 0 spiro atoms. The van der Waals surface area contributed by atoms with Crippen molar-refractivity contribution in [2.24, 2.45) is 5.92 Å². The second-order valence-electron chi connectivity index (χ2n) is 6.35. The van der Waals surface area contributed by atoms with Gasteiger partial charge >= 0.3 is 0 Å². The van der Waals surface area contributed by atoms with Gasteiger partial charge in [0.05, 0.1) is 6.20 Å². The molecular weight excluding hydrogens is 357 g/mol. The molecule has 2 N–H and O–H groups in total. The van der Waals surface area contributed by atoms with Crippen molar-refractivity contribution in [1.82, 2.24) is 15.6 Å². The highest BCUT2D eigenvalue weighted by molar-refractivity contribution is 5.85. The van der Waals surface area contributed by atoms with Gasteiger partial charge in [-0.05, 0) is 56.1 Å². The summed E-state index contributed by atoms with van der Waals surface area (Å²) < 4.78 is 19.7. The maximum absolute atomic E-state index is 14.2. The molecule has 1 aliphatic heterocycles. The number of carbonyl (C=O) groups excluding carboxylic acids is 1. The first kappa shape index (κ1) is 20.1. The largest absolute Gasteiger partial charge is 0.453 e. The van der Waals surface area contributed by atoms with E-state index < -0.39 is 5.82 Å². The summed E-state index contributed by atoms with van der Waals surface area (Å²) in [4.78, 5) is 16.2. The number of nitrogens with zero attached hydrogens (tertiary/aromatic N) is 1. The first-order valence-corrected chi connectivity index (χ1v) is 8.49. The molecule has 1 amide bonds. The Bertz CT molecular complexity index is 730. The second kappa shape index (κ2) is 9.50. The number of pyridine rings is 1. The van der Waals surface area contributed by atoms with Crippen LogP contribution in [0.4, 0.5) is 4.39 Å². The Kier molecular flexibility index (Phi) is 7.36. The van der Waals surface area contributed by atoms with Crippen LogP contribution in [0.2, 0.25) is 0 Å². The molecule has 1 aromatic carbocycles. The highest BCUT2D eigenvalue weighted by Crippen LogP contribution is 2.24. The van der Waals surface area contributed by atoms with Crippen LogP contribution in [0.1, 0.15) is 25.3 Å². The highest BCUT2D eigenvalue weighted by Gasteiger charge is 2.24. The van der Waals surface area contributed by atoms with Gasteiger partial charge in [-0.1, -0.05) is 6.07 Å². The van der Waals surface area contributed by atoms with E-state index in [2.05, 4.69) is 22.5 Å². The fraction of sp³-hybridized carbons (Fsp3) is 0.368. The number of hydrogen-bond acceptors (Lipinski definition) is 4. The molecular formula is C19H23ClFN3O2. The minimum absolute atomic E-state index is 0. The van der Waals surface area contributed by atoms with Crippen LogP contribution in [0.5, 0.6) is 11.5 Å². The fourth-order valence-corrected chi connectivity index (χ4v) is 2.98. The predicted octanol–water partition coefficient (Wildman–Crippen LogP) is 3.44. The number of halogens is 2. The van der Waals surface area contributed by atoms with E-state index in [1.165, 1.54) is 12.3 Å². The monoisotopic (exact) mass is 379 g/mol. The van der Waals surface area contributed by atoms with E-state index in [1.54, 1.807) is 30.5 Å². The SMILES string of the molecule is C[C@H]1C[C@@H](C(=O)NCc2ccc(Oc3cccnc3)c(F)c2)CCN1.Cl. The maximum atomic E-state index is 14.2. The van der Waals surface area contributed by atoms with E-state index in [-0.39, 0.29) is 30.0 Å². The average Bonchev–Trinajstić information content (AvgIpc) is 2.62. The standard InChI is InChI=1S/C19H22FN3O2.ClH/c1-13-9-15(6-8-22-13)19(24)23-11-14-4-5-18(17(20)10-14)25-16-3-2-7-21-12-16;/h2-5,7,10,12-13,15,22H,6,8-9,11H2,1H3,(H,23,24);1H/t13-,15-;/m0./s1. The van der Waals surface area contributed by atoms with Gasteiger partial charge in [0.1, 0.15) is 5.75 Å². The van der Waals surface area contributed by atoms with Crippen molar-refractivity contribution < 1.29 is 13.9 Å². The molecule has 5 nitrogen and oxygen atoms in total. The summed E-state index contributed by atoms with van der Waals surface area (Å²) in [5.41, 5.74) is 0.700.